The number of nitrogens with zero attached hydrogens (tertiary/aromatic N) is 2. The first kappa shape index (κ1) is 10.4. The third-order valence-electron chi connectivity index (χ3n) is 1.62. The van der Waals surface area contributed by atoms with Gasteiger partial charge in [-0.25, -0.2) is 0 Å². The van der Waals surface area contributed by atoms with Gasteiger partial charge in [0.05, 0.1) is 5.69 Å². The fourth-order valence-electron chi connectivity index (χ4n) is 0.897. The second kappa shape index (κ2) is 5.11. The van der Waals surface area contributed by atoms with Crippen LogP contribution in [0.25, 0.3) is 0 Å². The van der Waals surface area contributed by atoms with Gasteiger partial charge < -0.3 is 4.84 Å². The SMILES string of the molecule is CCO/N=C(\C)c1ccc(C=O)cn1. The zero-order valence-corrected chi connectivity index (χ0v) is 8.23. The standard InChI is InChI=1S/C10H12N2O2/c1-3-14-12-8(2)10-5-4-9(7-13)6-11-10/h4-7H,3H2,1-2H3/b12-8+. The van der Waals surface area contributed by atoms with Crippen LogP contribution in [0.15, 0.2) is 23.5 Å². The zero-order chi connectivity index (χ0) is 10.4. The molecule has 1 rings (SSSR count). The van der Waals surface area contributed by atoms with Gasteiger partial charge in [-0.05, 0) is 26.0 Å². The highest BCUT2D eigenvalue weighted by molar-refractivity contribution is 5.96. The van der Waals surface area contributed by atoms with Crippen LogP contribution in [0.4, 0.5) is 0 Å². The highest BCUT2D eigenvalue weighted by Crippen LogP contribution is 2.00. The summed E-state index contributed by atoms with van der Waals surface area (Å²) in [7, 11) is 0. The molecule has 0 atom stereocenters. The van der Waals surface area contributed by atoms with Gasteiger partial charge in [0.2, 0.25) is 0 Å². The molecule has 74 valence electrons. The van der Waals surface area contributed by atoms with Crippen LogP contribution in [-0.4, -0.2) is 23.6 Å². The molecule has 0 aliphatic carbocycles. The van der Waals surface area contributed by atoms with Gasteiger partial charge >= 0.3 is 0 Å². The number of aromatic nitrogens is 1. The Kier molecular flexibility index (Phi) is 3.79. The first-order valence-corrected chi connectivity index (χ1v) is 4.36. The smallest absolute Gasteiger partial charge is 0.151 e. The van der Waals surface area contributed by atoms with E-state index in [0.717, 1.165) is 6.29 Å². The first-order valence-electron chi connectivity index (χ1n) is 4.36. The maximum atomic E-state index is 10.4. The van der Waals surface area contributed by atoms with Crippen LogP contribution in [0.1, 0.15) is 29.9 Å². The third kappa shape index (κ3) is 2.65. The number of carbonyl (C=O) groups excluding carboxylic acids is 1. The first-order chi connectivity index (χ1) is 6.77. The van der Waals surface area contributed by atoms with E-state index in [9.17, 15) is 4.79 Å². The summed E-state index contributed by atoms with van der Waals surface area (Å²) in [6, 6.07) is 3.43. The molecule has 0 saturated heterocycles. The number of hydrogen-bond donors (Lipinski definition) is 0. The molecule has 0 bridgehead atoms. The van der Waals surface area contributed by atoms with Gasteiger partial charge in [0.25, 0.3) is 0 Å². The van der Waals surface area contributed by atoms with Crippen molar-refractivity contribution in [2.24, 2.45) is 5.16 Å². The van der Waals surface area contributed by atoms with E-state index in [1.54, 1.807) is 19.1 Å². The Morgan fingerprint density at radius 2 is 2.43 bits per heavy atom. The van der Waals surface area contributed by atoms with Gasteiger partial charge in [0.1, 0.15) is 12.3 Å². The number of oxime groups is 1. The fraction of sp³-hybridized carbons (Fsp3) is 0.300. The predicted molar refractivity (Wildman–Crippen MR) is 53.5 cm³/mol. The monoisotopic (exact) mass is 192 g/mol. The van der Waals surface area contributed by atoms with Gasteiger partial charge in [0, 0.05) is 11.8 Å². The molecule has 0 unspecified atom stereocenters. The number of aldehydes is 1. The van der Waals surface area contributed by atoms with Gasteiger partial charge in [-0.1, -0.05) is 5.16 Å². The molecule has 0 radical (unpaired) electrons. The molecular weight excluding hydrogens is 180 g/mol. The number of hydrogen-bond acceptors (Lipinski definition) is 4. The molecule has 1 aromatic rings. The van der Waals surface area contributed by atoms with E-state index in [4.69, 9.17) is 4.84 Å². The molecule has 0 aromatic carbocycles. The Morgan fingerprint density at radius 3 is 2.93 bits per heavy atom. The van der Waals surface area contributed by atoms with Crippen LogP contribution in [0, 0.1) is 0 Å². The van der Waals surface area contributed by atoms with Gasteiger partial charge in [-0.3, -0.25) is 9.78 Å². The average Bonchev–Trinajstić information content (AvgIpc) is 2.26. The van der Waals surface area contributed by atoms with Crippen molar-refractivity contribution in [3.8, 4) is 0 Å². The lowest BCUT2D eigenvalue weighted by Gasteiger charge is -1.99. The lowest BCUT2D eigenvalue weighted by molar-refractivity contribution is 0.112. The van der Waals surface area contributed by atoms with E-state index in [2.05, 4.69) is 10.1 Å². The van der Waals surface area contributed by atoms with E-state index in [0.29, 0.717) is 23.6 Å². The molecule has 0 spiro atoms. The maximum absolute atomic E-state index is 10.4. The van der Waals surface area contributed by atoms with Gasteiger partial charge in [-0.15, -0.1) is 0 Å². The minimum atomic E-state index is 0.532. The number of carbonyl (C=O) groups is 1. The Hall–Kier alpha value is -1.71. The maximum Gasteiger partial charge on any atom is 0.151 e. The third-order valence-corrected chi connectivity index (χ3v) is 1.62. The van der Waals surface area contributed by atoms with Crippen LogP contribution in [0.2, 0.25) is 0 Å². The molecule has 0 aliphatic rings. The van der Waals surface area contributed by atoms with Gasteiger partial charge in [0.15, 0.2) is 6.29 Å². The molecule has 1 aromatic heterocycles. The van der Waals surface area contributed by atoms with Crippen LogP contribution >= 0.6 is 0 Å². The Bertz CT molecular complexity index is 330. The topological polar surface area (TPSA) is 51.5 Å². The van der Waals surface area contributed by atoms with Crippen molar-refractivity contribution < 1.29 is 9.63 Å². The number of rotatable bonds is 4. The van der Waals surface area contributed by atoms with E-state index >= 15 is 0 Å². The lowest BCUT2D eigenvalue weighted by atomic mass is 10.2. The normalized spacial score (nSPS) is 11.1. The molecular formula is C10H12N2O2. The summed E-state index contributed by atoms with van der Waals surface area (Å²) in [5, 5.41) is 3.83. The van der Waals surface area contributed by atoms with Crippen LogP contribution in [0.5, 0.6) is 0 Å². The Labute approximate surface area is 82.6 Å². The van der Waals surface area contributed by atoms with E-state index in [1.807, 2.05) is 6.92 Å². The summed E-state index contributed by atoms with van der Waals surface area (Å²) in [6.07, 6.45) is 2.26. The second-order valence-corrected chi connectivity index (χ2v) is 2.69. The highest BCUT2D eigenvalue weighted by Gasteiger charge is 1.99. The molecule has 4 nitrogen and oxygen atoms in total. The molecule has 0 fully saturated rings. The average molecular weight is 192 g/mol. The van der Waals surface area contributed by atoms with Crippen molar-refractivity contribution in [2.45, 2.75) is 13.8 Å². The summed E-state index contributed by atoms with van der Waals surface area (Å²) in [5.41, 5.74) is 1.96. The summed E-state index contributed by atoms with van der Waals surface area (Å²) in [4.78, 5) is 19.3. The highest BCUT2D eigenvalue weighted by atomic mass is 16.6. The largest absolute Gasteiger partial charge is 0.396 e. The van der Waals surface area contributed by atoms with Crippen molar-refractivity contribution in [1.29, 1.82) is 0 Å². The second-order valence-electron chi connectivity index (χ2n) is 2.69. The molecule has 0 saturated carbocycles. The van der Waals surface area contributed by atoms with Crippen molar-refractivity contribution in [3.05, 3.63) is 29.6 Å². The minimum absolute atomic E-state index is 0.532. The van der Waals surface area contributed by atoms with Crippen molar-refractivity contribution in [1.82, 2.24) is 4.98 Å². The lowest BCUT2D eigenvalue weighted by Crippen LogP contribution is -2.00. The summed E-state index contributed by atoms with van der Waals surface area (Å²) in [6.45, 7) is 4.20. The molecule has 0 amide bonds. The molecule has 4 heteroatoms. The predicted octanol–water partition coefficient (Wildman–Crippen LogP) is 1.65. The van der Waals surface area contributed by atoms with Crippen molar-refractivity contribution in [3.63, 3.8) is 0 Å². The summed E-state index contributed by atoms with van der Waals surface area (Å²) in [5.74, 6) is 0. The van der Waals surface area contributed by atoms with Crippen molar-refractivity contribution >= 4 is 12.0 Å². The van der Waals surface area contributed by atoms with Crippen LogP contribution < -0.4 is 0 Å². The summed E-state index contributed by atoms with van der Waals surface area (Å²) < 4.78 is 0. The van der Waals surface area contributed by atoms with Crippen molar-refractivity contribution in [2.75, 3.05) is 6.61 Å². The number of pyridine rings is 1. The zero-order valence-electron chi connectivity index (χ0n) is 8.23. The quantitative estimate of drug-likeness (QED) is 0.414. The molecule has 1 heterocycles. The molecule has 14 heavy (non-hydrogen) atoms. The van der Waals surface area contributed by atoms with E-state index in [-0.39, 0.29) is 0 Å². The van der Waals surface area contributed by atoms with Gasteiger partial charge in [-0.2, -0.15) is 0 Å². The molecule has 0 aliphatic heterocycles. The fourth-order valence-corrected chi connectivity index (χ4v) is 0.897. The van der Waals surface area contributed by atoms with E-state index < -0.39 is 0 Å². The minimum Gasteiger partial charge on any atom is -0.396 e. The Balaban J connectivity index is 2.80. The Morgan fingerprint density at radius 1 is 1.64 bits per heavy atom. The molecule has 0 N–H and O–H groups in total. The van der Waals surface area contributed by atoms with Crippen LogP contribution in [-0.2, 0) is 4.84 Å². The van der Waals surface area contributed by atoms with E-state index in [1.165, 1.54) is 6.20 Å². The summed E-state index contributed by atoms with van der Waals surface area (Å²) >= 11 is 0. The van der Waals surface area contributed by atoms with Crippen LogP contribution in [0.3, 0.4) is 0 Å².